The first-order valence-corrected chi connectivity index (χ1v) is 9.76. The Labute approximate surface area is 171 Å². The first kappa shape index (κ1) is 20.6. The average Bonchev–Trinajstić information content (AvgIpc) is 2.77. The molecule has 7 nitrogen and oxygen atoms in total. The third-order valence-electron chi connectivity index (χ3n) is 5.21. The van der Waals surface area contributed by atoms with Gasteiger partial charge in [0.2, 0.25) is 0 Å². The van der Waals surface area contributed by atoms with Gasteiger partial charge in [-0.2, -0.15) is 0 Å². The maximum absolute atomic E-state index is 12.7. The number of amides is 2. The molecule has 2 amide bonds. The summed E-state index contributed by atoms with van der Waals surface area (Å²) < 4.78 is 10.5. The maximum Gasteiger partial charge on any atom is 0.270 e. The van der Waals surface area contributed by atoms with Crippen LogP contribution >= 0.6 is 0 Å². The highest BCUT2D eigenvalue weighted by atomic mass is 16.5. The zero-order valence-electron chi connectivity index (χ0n) is 17.1. The standard InChI is InChI=1S/C22H27N3O4/c1-15-7-10-25(11-8-15)22(27)17-6-9-23-18(13-17)21(26)24-14-16-4-5-19(28-2)20(12-16)29-3/h4-6,9,12-13,15H,7-8,10-11,14H2,1-3H3,(H,24,26). The number of benzene rings is 1. The molecule has 0 radical (unpaired) electrons. The minimum atomic E-state index is -0.332. The van der Waals surface area contributed by atoms with Crippen LogP contribution in [0.4, 0.5) is 0 Å². The van der Waals surface area contributed by atoms with Gasteiger partial charge in [-0.25, -0.2) is 0 Å². The summed E-state index contributed by atoms with van der Waals surface area (Å²) in [7, 11) is 3.14. The van der Waals surface area contributed by atoms with Gasteiger partial charge in [0.05, 0.1) is 14.2 Å². The second-order valence-electron chi connectivity index (χ2n) is 7.28. The summed E-state index contributed by atoms with van der Waals surface area (Å²) in [5.41, 5.74) is 1.58. The van der Waals surface area contributed by atoms with Crippen molar-refractivity contribution in [1.82, 2.24) is 15.2 Å². The lowest BCUT2D eigenvalue weighted by Crippen LogP contribution is -2.38. The maximum atomic E-state index is 12.7. The van der Waals surface area contributed by atoms with Gasteiger partial charge in [0, 0.05) is 31.4 Å². The van der Waals surface area contributed by atoms with Crippen LogP contribution in [-0.4, -0.2) is 49.0 Å². The molecular weight excluding hydrogens is 370 g/mol. The van der Waals surface area contributed by atoms with Gasteiger partial charge in [0.1, 0.15) is 5.69 Å². The van der Waals surface area contributed by atoms with Crippen molar-refractivity contribution in [2.45, 2.75) is 26.3 Å². The number of pyridine rings is 1. The van der Waals surface area contributed by atoms with E-state index in [4.69, 9.17) is 9.47 Å². The summed E-state index contributed by atoms with van der Waals surface area (Å²) in [4.78, 5) is 31.2. The van der Waals surface area contributed by atoms with Gasteiger partial charge in [0.25, 0.3) is 11.8 Å². The molecule has 2 heterocycles. The van der Waals surface area contributed by atoms with Gasteiger partial charge in [-0.1, -0.05) is 13.0 Å². The van der Waals surface area contributed by atoms with E-state index in [-0.39, 0.29) is 17.5 Å². The monoisotopic (exact) mass is 397 g/mol. The normalized spacial score (nSPS) is 14.4. The number of nitrogens with one attached hydrogen (secondary N) is 1. The molecule has 1 fully saturated rings. The zero-order valence-corrected chi connectivity index (χ0v) is 17.1. The Bertz CT molecular complexity index is 876. The van der Waals surface area contributed by atoms with Crippen LogP contribution in [0.3, 0.4) is 0 Å². The van der Waals surface area contributed by atoms with E-state index < -0.39 is 0 Å². The lowest BCUT2D eigenvalue weighted by atomic mass is 9.98. The lowest BCUT2D eigenvalue weighted by molar-refractivity contribution is 0.0697. The highest BCUT2D eigenvalue weighted by Gasteiger charge is 2.22. The number of rotatable bonds is 6. The van der Waals surface area contributed by atoms with Crippen molar-refractivity contribution < 1.29 is 19.1 Å². The van der Waals surface area contributed by atoms with Crippen molar-refractivity contribution in [2.24, 2.45) is 5.92 Å². The van der Waals surface area contributed by atoms with Crippen LogP contribution < -0.4 is 14.8 Å². The quantitative estimate of drug-likeness (QED) is 0.811. The number of hydrogen-bond donors (Lipinski definition) is 1. The van der Waals surface area contributed by atoms with Crippen molar-refractivity contribution in [3.8, 4) is 11.5 Å². The molecular formula is C22H27N3O4. The van der Waals surface area contributed by atoms with E-state index in [0.29, 0.717) is 29.5 Å². The number of aromatic nitrogens is 1. The minimum absolute atomic E-state index is 0.0479. The average molecular weight is 397 g/mol. The number of carbonyl (C=O) groups excluding carboxylic acids is 2. The van der Waals surface area contributed by atoms with Crippen LogP contribution in [0.25, 0.3) is 0 Å². The molecule has 7 heteroatoms. The third-order valence-corrected chi connectivity index (χ3v) is 5.21. The van der Waals surface area contributed by atoms with Crippen molar-refractivity contribution >= 4 is 11.8 Å². The van der Waals surface area contributed by atoms with Crippen LogP contribution in [0.1, 0.15) is 46.2 Å². The third kappa shape index (κ3) is 5.04. The zero-order chi connectivity index (χ0) is 20.8. The lowest BCUT2D eigenvalue weighted by Gasteiger charge is -2.30. The Balaban J connectivity index is 1.64. The largest absolute Gasteiger partial charge is 0.493 e. The molecule has 3 rings (SSSR count). The number of piperidine rings is 1. The van der Waals surface area contributed by atoms with Gasteiger partial charge < -0.3 is 19.7 Å². The summed E-state index contributed by atoms with van der Waals surface area (Å²) in [6.07, 6.45) is 3.52. The molecule has 0 bridgehead atoms. The van der Waals surface area contributed by atoms with Gasteiger partial charge >= 0.3 is 0 Å². The summed E-state index contributed by atoms with van der Waals surface area (Å²) in [6.45, 7) is 4.02. The van der Waals surface area contributed by atoms with Crippen molar-refractivity contribution in [3.63, 3.8) is 0 Å². The summed E-state index contributed by atoms with van der Waals surface area (Å²) >= 11 is 0. The number of carbonyl (C=O) groups is 2. The van der Waals surface area contributed by atoms with Gasteiger partial charge in [0.15, 0.2) is 11.5 Å². The Kier molecular flexibility index (Phi) is 6.69. The summed E-state index contributed by atoms with van der Waals surface area (Å²) in [5, 5.41) is 2.83. The molecule has 1 aromatic carbocycles. The summed E-state index contributed by atoms with van der Waals surface area (Å²) in [5.74, 6) is 1.49. The molecule has 0 saturated carbocycles. The Hall–Kier alpha value is -3.09. The van der Waals surface area contributed by atoms with E-state index in [0.717, 1.165) is 31.5 Å². The molecule has 1 aliphatic heterocycles. The highest BCUT2D eigenvalue weighted by Crippen LogP contribution is 2.27. The number of likely N-dealkylation sites (tertiary alicyclic amines) is 1. The highest BCUT2D eigenvalue weighted by molar-refractivity contribution is 5.98. The van der Waals surface area contributed by atoms with Crippen LogP contribution in [0.15, 0.2) is 36.5 Å². The van der Waals surface area contributed by atoms with Crippen LogP contribution in [0.5, 0.6) is 11.5 Å². The number of hydrogen-bond acceptors (Lipinski definition) is 5. The fourth-order valence-electron chi connectivity index (χ4n) is 3.35. The van der Waals surface area contributed by atoms with Crippen LogP contribution in [-0.2, 0) is 6.54 Å². The van der Waals surface area contributed by atoms with Gasteiger partial charge in [-0.15, -0.1) is 0 Å². The Morgan fingerprint density at radius 3 is 2.52 bits per heavy atom. The van der Waals surface area contributed by atoms with Crippen molar-refractivity contribution in [3.05, 3.63) is 53.3 Å². The number of nitrogens with zero attached hydrogens (tertiary/aromatic N) is 2. The van der Waals surface area contributed by atoms with E-state index in [2.05, 4.69) is 17.2 Å². The topological polar surface area (TPSA) is 80.8 Å². The molecule has 1 aromatic heterocycles. The fraction of sp³-hybridized carbons (Fsp3) is 0.409. The number of ether oxygens (including phenoxy) is 2. The molecule has 1 aliphatic rings. The molecule has 0 unspecified atom stereocenters. The molecule has 2 aromatic rings. The predicted octanol–water partition coefficient (Wildman–Crippen LogP) is 2.90. The van der Waals surface area contributed by atoms with E-state index >= 15 is 0 Å². The molecule has 1 N–H and O–H groups in total. The first-order chi connectivity index (χ1) is 14.0. The molecule has 1 saturated heterocycles. The summed E-state index contributed by atoms with van der Waals surface area (Å²) in [6, 6.07) is 8.67. The molecule has 29 heavy (non-hydrogen) atoms. The smallest absolute Gasteiger partial charge is 0.270 e. The van der Waals surface area contributed by atoms with Gasteiger partial charge in [-0.05, 0) is 48.6 Å². The van der Waals surface area contributed by atoms with E-state index in [1.807, 2.05) is 17.0 Å². The van der Waals surface area contributed by atoms with E-state index in [1.165, 1.54) is 6.20 Å². The van der Waals surface area contributed by atoms with Crippen LogP contribution in [0, 0.1) is 5.92 Å². The van der Waals surface area contributed by atoms with E-state index in [9.17, 15) is 9.59 Å². The second kappa shape index (κ2) is 9.41. The van der Waals surface area contributed by atoms with Crippen molar-refractivity contribution in [1.29, 1.82) is 0 Å². The Morgan fingerprint density at radius 1 is 1.10 bits per heavy atom. The SMILES string of the molecule is COc1ccc(CNC(=O)c2cc(C(=O)N3CCC(C)CC3)ccn2)cc1OC. The van der Waals surface area contributed by atoms with Crippen molar-refractivity contribution in [2.75, 3.05) is 27.3 Å². The minimum Gasteiger partial charge on any atom is -0.493 e. The number of methoxy groups -OCH3 is 2. The molecule has 154 valence electrons. The predicted molar refractivity (Wildman–Crippen MR) is 109 cm³/mol. The van der Waals surface area contributed by atoms with E-state index in [1.54, 1.807) is 32.4 Å². The first-order valence-electron chi connectivity index (χ1n) is 9.76. The molecule has 0 spiro atoms. The fourth-order valence-corrected chi connectivity index (χ4v) is 3.35. The van der Waals surface area contributed by atoms with Crippen LogP contribution in [0.2, 0.25) is 0 Å². The molecule has 0 atom stereocenters. The second-order valence-corrected chi connectivity index (χ2v) is 7.28. The van der Waals surface area contributed by atoms with Gasteiger partial charge in [-0.3, -0.25) is 14.6 Å². The molecule has 0 aliphatic carbocycles. The Morgan fingerprint density at radius 2 is 1.83 bits per heavy atom.